The van der Waals surface area contributed by atoms with Crippen molar-refractivity contribution in [2.75, 3.05) is 13.1 Å². The van der Waals surface area contributed by atoms with Crippen LogP contribution < -0.4 is 0 Å². The summed E-state index contributed by atoms with van der Waals surface area (Å²) in [5, 5.41) is 3.95. The molecule has 0 radical (unpaired) electrons. The molecule has 3 heterocycles. The molecule has 1 saturated heterocycles. The lowest BCUT2D eigenvalue weighted by molar-refractivity contribution is 0.345. The van der Waals surface area contributed by atoms with Gasteiger partial charge in [0.25, 0.3) is 10.0 Å². The van der Waals surface area contributed by atoms with Crippen LogP contribution >= 0.6 is 0 Å². The first-order chi connectivity index (χ1) is 12.9. The third kappa shape index (κ3) is 3.17. The number of nitrogens with zero attached hydrogens (tertiary/aromatic N) is 5. The smallest absolute Gasteiger partial charge is 0.262 e. The Kier molecular flexibility index (Phi) is 4.35. The lowest BCUT2D eigenvalue weighted by Crippen LogP contribution is -2.29. The minimum atomic E-state index is -3.70. The average molecular weight is 387 g/mol. The zero-order valence-electron chi connectivity index (χ0n) is 15.4. The normalized spacial score (nSPS) is 21.0. The molecule has 9 heteroatoms. The van der Waals surface area contributed by atoms with E-state index in [4.69, 9.17) is 4.52 Å². The summed E-state index contributed by atoms with van der Waals surface area (Å²) in [6.45, 7) is 4.15. The number of hydrogen-bond donors (Lipinski definition) is 0. The number of hydrogen-bond acceptors (Lipinski definition) is 6. The second-order valence-corrected chi connectivity index (χ2v) is 8.75. The van der Waals surface area contributed by atoms with Gasteiger partial charge < -0.3 is 9.09 Å². The highest BCUT2D eigenvalue weighted by Crippen LogP contribution is 2.40. The van der Waals surface area contributed by atoms with Crippen LogP contribution in [0, 0.1) is 13.8 Å². The van der Waals surface area contributed by atoms with Gasteiger partial charge in [-0.15, -0.1) is 0 Å². The second-order valence-electron chi connectivity index (χ2n) is 6.86. The van der Waals surface area contributed by atoms with Crippen molar-refractivity contribution in [1.29, 1.82) is 0 Å². The number of rotatable bonds is 4. The topological polar surface area (TPSA) is 94.1 Å². The van der Waals surface area contributed by atoms with E-state index >= 15 is 0 Å². The van der Waals surface area contributed by atoms with E-state index in [0.29, 0.717) is 24.1 Å². The van der Waals surface area contributed by atoms with E-state index < -0.39 is 10.0 Å². The number of aryl methyl sites for hydroxylation is 3. The predicted octanol–water partition coefficient (Wildman–Crippen LogP) is 1.99. The highest BCUT2D eigenvalue weighted by atomic mass is 32.2. The van der Waals surface area contributed by atoms with Gasteiger partial charge in [-0.2, -0.15) is 9.29 Å². The van der Waals surface area contributed by atoms with Gasteiger partial charge in [-0.3, -0.25) is 0 Å². The molecule has 0 aliphatic carbocycles. The summed E-state index contributed by atoms with van der Waals surface area (Å²) in [4.78, 5) is 8.56. The first-order valence-electron chi connectivity index (χ1n) is 8.71. The molecule has 0 unspecified atom stereocenters. The molecular weight excluding hydrogens is 366 g/mol. The molecule has 8 nitrogen and oxygen atoms in total. The van der Waals surface area contributed by atoms with Crippen molar-refractivity contribution >= 4 is 10.0 Å². The van der Waals surface area contributed by atoms with Gasteiger partial charge in [-0.1, -0.05) is 35.5 Å². The van der Waals surface area contributed by atoms with Gasteiger partial charge in [-0.05, 0) is 19.4 Å². The Bertz CT molecular complexity index is 1040. The summed E-state index contributed by atoms with van der Waals surface area (Å²) < 4.78 is 34.8. The van der Waals surface area contributed by atoms with Crippen molar-refractivity contribution in [1.82, 2.24) is 24.0 Å². The van der Waals surface area contributed by atoms with Crippen LogP contribution in [0.15, 0.2) is 46.1 Å². The van der Waals surface area contributed by atoms with Gasteiger partial charge in [0.05, 0.1) is 5.92 Å². The maximum absolute atomic E-state index is 13.1. The number of imidazole rings is 1. The number of aromatic nitrogens is 4. The molecule has 1 aliphatic rings. The lowest BCUT2D eigenvalue weighted by Gasteiger charge is -2.15. The molecule has 0 spiro atoms. The van der Waals surface area contributed by atoms with Crippen LogP contribution in [0.25, 0.3) is 0 Å². The van der Waals surface area contributed by atoms with E-state index in [2.05, 4.69) is 15.1 Å². The molecule has 0 bridgehead atoms. The van der Waals surface area contributed by atoms with Gasteiger partial charge in [0, 0.05) is 32.3 Å². The van der Waals surface area contributed by atoms with Crippen molar-refractivity contribution in [2.24, 2.45) is 7.05 Å². The molecule has 1 aromatic carbocycles. The van der Waals surface area contributed by atoms with E-state index in [1.54, 1.807) is 31.7 Å². The fourth-order valence-corrected chi connectivity index (χ4v) is 5.02. The summed E-state index contributed by atoms with van der Waals surface area (Å²) in [6.07, 6.45) is 1.55. The van der Waals surface area contributed by atoms with Crippen LogP contribution in [0.5, 0.6) is 0 Å². The van der Waals surface area contributed by atoms with Crippen molar-refractivity contribution in [3.05, 3.63) is 59.6 Å². The van der Waals surface area contributed by atoms with E-state index in [9.17, 15) is 8.42 Å². The lowest BCUT2D eigenvalue weighted by atomic mass is 9.89. The third-order valence-corrected chi connectivity index (χ3v) is 6.77. The van der Waals surface area contributed by atoms with Crippen molar-refractivity contribution < 1.29 is 12.9 Å². The molecule has 0 N–H and O–H groups in total. The summed E-state index contributed by atoms with van der Waals surface area (Å²) in [6, 6.07) is 9.84. The molecular formula is C18H21N5O3S. The monoisotopic (exact) mass is 387 g/mol. The Morgan fingerprint density at radius 3 is 2.37 bits per heavy atom. The van der Waals surface area contributed by atoms with Crippen LogP contribution in [0.2, 0.25) is 0 Å². The fourth-order valence-electron chi connectivity index (χ4n) is 3.50. The van der Waals surface area contributed by atoms with Crippen LogP contribution in [0.4, 0.5) is 0 Å². The fraction of sp³-hybridized carbons (Fsp3) is 0.389. The Hall–Kier alpha value is -2.52. The van der Waals surface area contributed by atoms with Crippen LogP contribution in [0.1, 0.15) is 34.9 Å². The predicted molar refractivity (Wildman–Crippen MR) is 97.7 cm³/mol. The molecule has 1 aliphatic heterocycles. The molecule has 3 aromatic rings. The highest BCUT2D eigenvalue weighted by molar-refractivity contribution is 7.89. The maximum Gasteiger partial charge on any atom is 0.262 e. The largest absolute Gasteiger partial charge is 0.339 e. The van der Waals surface area contributed by atoms with Crippen LogP contribution in [-0.2, 0) is 17.1 Å². The molecule has 0 amide bonds. The Labute approximate surface area is 157 Å². The molecule has 0 saturated carbocycles. The Morgan fingerprint density at radius 2 is 1.78 bits per heavy atom. The first-order valence-corrected chi connectivity index (χ1v) is 10.2. The Morgan fingerprint density at radius 1 is 1.07 bits per heavy atom. The number of benzene rings is 1. The average Bonchev–Trinajstić information content (AvgIpc) is 3.35. The zero-order valence-corrected chi connectivity index (χ0v) is 16.2. The van der Waals surface area contributed by atoms with Gasteiger partial charge >= 0.3 is 0 Å². The van der Waals surface area contributed by atoms with Gasteiger partial charge in [-0.25, -0.2) is 13.4 Å². The minimum absolute atomic E-state index is 0.0642. The summed E-state index contributed by atoms with van der Waals surface area (Å²) in [5.41, 5.74) is 1.05. The minimum Gasteiger partial charge on any atom is -0.339 e. The Balaban J connectivity index is 1.72. The molecule has 2 atom stereocenters. The van der Waals surface area contributed by atoms with Gasteiger partial charge in [0.2, 0.25) is 5.89 Å². The van der Waals surface area contributed by atoms with E-state index in [-0.39, 0.29) is 23.4 Å². The SMILES string of the molecule is Cc1noc([C@H]2CN(S(=O)(=O)c3cn(C)c(C)n3)C[C@H]2c2ccccc2)n1. The molecule has 27 heavy (non-hydrogen) atoms. The maximum atomic E-state index is 13.1. The quantitative estimate of drug-likeness (QED) is 0.680. The second kappa shape index (κ2) is 6.58. The van der Waals surface area contributed by atoms with E-state index in [1.807, 2.05) is 30.3 Å². The summed E-state index contributed by atoms with van der Waals surface area (Å²) >= 11 is 0. The van der Waals surface area contributed by atoms with Crippen LogP contribution in [-0.4, -0.2) is 45.5 Å². The summed E-state index contributed by atoms with van der Waals surface area (Å²) in [7, 11) is -1.92. The molecule has 2 aromatic heterocycles. The van der Waals surface area contributed by atoms with Crippen LogP contribution in [0.3, 0.4) is 0 Å². The van der Waals surface area contributed by atoms with Gasteiger partial charge in [0.15, 0.2) is 10.9 Å². The first kappa shape index (κ1) is 17.9. The van der Waals surface area contributed by atoms with E-state index in [1.165, 1.54) is 4.31 Å². The number of sulfonamides is 1. The molecule has 1 fully saturated rings. The van der Waals surface area contributed by atoms with Crippen molar-refractivity contribution in [2.45, 2.75) is 30.7 Å². The van der Waals surface area contributed by atoms with Gasteiger partial charge in [0.1, 0.15) is 5.82 Å². The van der Waals surface area contributed by atoms with Crippen molar-refractivity contribution in [3.63, 3.8) is 0 Å². The highest BCUT2D eigenvalue weighted by Gasteiger charge is 2.44. The molecule has 142 valence electrons. The zero-order chi connectivity index (χ0) is 19.2. The standard InChI is InChI=1S/C18H21N5O3S/c1-12-19-18(26-21-12)16-10-23(9-15(16)14-7-5-4-6-8-14)27(24,25)17-11-22(3)13(2)20-17/h4-8,11,15-16H,9-10H2,1-3H3/t15-,16-/m0/s1. The van der Waals surface area contributed by atoms with E-state index in [0.717, 1.165) is 5.56 Å². The summed E-state index contributed by atoms with van der Waals surface area (Å²) in [5.74, 6) is 1.39. The molecule has 4 rings (SSSR count). The van der Waals surface area contributed by atoms with Crippen molar-refractivity contribution in [3.8, 4) is 0 Å². The third-order valence-electron chi connectivity index (χ3n) is 5.07.